The average Bonchev–Trinajstić information content (AvgIpc) is 3.47. The van der Waals surface area contributed by atoms with Crippen molar-refractivity contribution >= 4 is 53.1 Å². The maximum atomic E-state index is 14.7. The second kappa shape index (κ2) is 14.9. The van der Waals surface area contributed by atoms with E-state index < -0.39 is 40.4 Å². The molecular weight excluding hydrogens is 695 g/mol. The summed E-state index contributed by atoms with van der Waals surface area (Å²) in [4.78, 5) is 33.3. The summed E-state index contributed by atoms with van der Waals surface area (Å²) in [5.41, 5.74) is -3.25. The third-order valence-corrected chi connectivity index (χ3v) is 9.01. The Hall–Kier alpha value is -4.00. The molecule has 0 saturated carbocycles. The van der Waals surface area contributed by atoms with Gasteiger partial charge in [-0.2, -0.15) is 26.3 Å². The minimum atomic E-state index is -5.14. The van der Waals surface area contributed by atoms with Crippen LogP contribution in [0.2, 0.25) is 0 Å². The van der Waals surface area contributed by atoms with Gasteiger partial charge in [0.25, 0.3) is 0 Å². The number of hydrogen-bond donors (Lipinski definition) is 1. The number of alkyl halides is 6. The Morgan fingerprint density at radius 1 is 0.796 bits per heavy atom. The minimum Gasteiger partial charge on any atom is -0.369 e. The van der Waals surface area contributed by atoms with Gasteiger partial charge in [-0.15, -0.1) is 24.8 Å². The number of halogens is 8. The van der Waals surface area contributed by atoms with Gasteiger partial charge in [-0.3, -0.25) is 4.79 Å². The molecule has 4 aromatic rings. The van der Waals surface area contributed by atoms with Crippen molar-refractivity contribution in [2.45, 2.75) is 24.3 Å². The van der Waals surface area contributed by atoms with Gasteiger partial charge in [-0.25, -0.2) is 14.8 Å². The molecule has 0 amide bonds. The van der Waals surface area contributed by atoms with Crippen molar-refractivity contribution in [1.29, 1.82) is 0 Å². The van der Waals surface area contributed by atoms with E-state index >= 15 is 0 Å². The number of aromatic amines is 1. The van der Waals surface area contributed by atoms with Gasteiger partial charge in [-0.05, 0) is 42.0 Å². The van der Waals surface area contributed by atoms with Crippen molar-refractivity contribution in [1.82, 2.24) is 19.9 Å². The van der Waals surface area contributed by atoms with E-state index in [-0.39, 0.29) is 50.4 Å². The van der Waals surface area contributed by atoms with Crippen molar-refractivity contribution in [2.24, 2.45) is 0 Å². The van der Waals surface area contributed by atoms with Crippen molar-refractivity contribution in [3.63, 3.8) is 0 Å². The van der Waals surface area contributed by atoms with Crippen molar-refractivity contribution in [2.75, 3.05) is 50.7 Å². The second-order valence-corrected chi connectivity index (χ2v) is 11.8. The normalized spacial score (nSPS) is 19.1. The SMILES string of the molecule is Cl.Cl.O=C=CN1CCN(N2CCN(c3ccccc3)CC2)CC1(Cc1c[nH]c2ccccc12)C(=O)c1cc(C(F)(F)F)cc(C(F)(F)F)c1. The highest BCUT2D eigenvalue weighted by atomic mass is 35.5. The number of anilines is 1. The van der Waals surface area contributed by atoms with Gasteiger partial charge in [0.1, 0.15) is 11.5 Å². The van der Waals surface area contributed by atoms with Gasteiger partial charge in [-0.1, -0.05) is 36.4 Å². The fourth-order valence-corrected chi connectivity index (χ4v) is 6.67. The van der Waals surface area contributed by atoms with E-state index in [1.165, 1.54) is 4.90 Å². The number of carbonyl (C=O) groups is 1. The summed E-state index contributed by atoms with van der Waals surface area (Å²) in [7, 11) is 0. The molecule has 3 aromatic carbocycles. The number of para-hydroxylation sites is 2. The smallest absolute Gasteiger partial charge is 0.369 e. The second-order valence-electron chi connectivity index (χ2n) is 11.8. The summed E-state index contributed by atoms with van der Waals surface area (Å²) >= 11 is 0. The van der Waals surface area contributed by atoms with Crippen LogP contribution in [0.5, 0.6) is 0 Å². The maximum absolute atomic E-state index is 14.7. The minimum absolute atomic E-state index is 0. The van der Waals surface area contributed by atoms with E-state index in [0.29, 0.717) is 50.4 Å². The Labute approximate surface area is 290 Å². The lowest BCUT2D eigenvalue weighted by molar-refractivity contribution is -0.143. The molecule has 0 aliphatic carbocycles. The molecule has 262 valence electrons. The first-order chi connectivity index (χ1) is 22.4. The molecule has 49 heavy (non-hydrogen) atoms. The average molecular weight is 729 g/mol. The number of nitrogens with one attached hydrogen (secondary N) is 1. The summed E-state index contributed by atoms with van der Waals surface area (Å²) in [5, 5.41) is 4.73. The number of hydrazine groups is 1. The van der Waals surface area contributed by atoms with Crippen LogP contribution in [0, 0.1) is 0 Å². The summed E-state index contributed by atoms with van der Waals surface area (Å²) < 4.78 is 83.4. The van der Waals surface area contributed by atoms with E-state index in [1.807, 2.05) is 53.5 Å². The molecule has 1 N–H and O–H groups in total. The van der Waals surface area contributed by atoms with Crippen molar-refractivity contribution < 1.29 is 35.9 Å². The molecule has 6 rings (SSSR count). The molecule has 2 aliphatic heterocycles. The summed E-state index contributed by atoms with van der Waals surface area (Å²) in [6, 6.07) is 18.0. The molecule has 3 heterocycles. The van der Waals surface area contributed by atoms with Crippen molar-refractivity contribution in [3.05, 3.63) is 107 Å². The van der Waals surface area contributed by atoms with Gasteiger partial charge in [0, 0.05) is 80.6 Å². The molecule has 2 aliphatic rings. The van der Waals surface area contributed by atoms with E-state index in [1.54, 1.807) is 18.2 Å². The number of hydrogen-bond acceptors (Lipinski definition) is 6. The summed E-state index contributed by atoms with van der Waals surface area (Å²) in [6.45, 7) is 2.83. The molecular formula is C34H33Cl2F6N5O2. The first-order valence-corrected chi connectivity index (χ1v) is 15.1. The first kappa shape index (κ1) is 37.8. The molecule has 15 heteroatoms. The highest BCUT2D eigenvalue weighted by molar-refractivity contribution is 6.04. The zero-order valence-electron chi connectivity index (χ0n) is 25.9. The maximum Gasteiger partial charge on any atom is 0.416 e. The van der Waals surface area contributed by atoms with Crippen LogP contribution in [0.3, 0.4) is 0 Å². The molecule has 2 saturated heterocycles. The Morgan fingerprint density at radius 2 is 1.39 bits per heavy atom. The number of benzene rings is 3. The van der Waals surface area contributed by atoms with Crippen LogP contribution in [0.25, 0.3) is 10.9 Å². The van der Waals surface area contributed by atoms with Crippen molar-refractivity contribution in [3.8, 4) is 0 Å². The molecule has 1 unspecified atom stereocenters. The third-order valence-electron chi connectivity index (χ3n) is 9.01. The predicted octanol–water partition coefficient (Wildman–Crippen LogP) is 6.91. The van der Waals surface area contributed by atoms with Gasteiger partial charge in [0.2, 0.25) is 0 Å². The predicted molar refractivity (Wildman–Crippen MR) is 179 cm³/mol. The molecule has 0 spiro atoms. The number of H-pyrrole nitrogens is 1. The zero-order chi connectivity index (χ0) is 33.4. The summed E-state index contributed by atoms with van der Waals surface area (Å²) in [6.07, 6.45) is -7.67. The number of Topliss-reactive ketones (excluding diaryl/α,β-unsaturated/α-hetero) is 1. The lowest BCUT2D eigenvalue weighted by Crippen LogP contribution is -2.69. The van der Waals surface area contributed by atoms with E-state index in [2.05, 4.69) is 14.9 Å². The van der Waals surface area contributed by atoms with Crippen LogP contribution in [0.1, 0.15) is 27.0 Å². The molecule has 0 bridgehead atoms. The number of nitrogens with zero attached hydrogens (tertiary/aromatic N) is 4. The van der Waals surface area contributed by atoms with Crippen LogP contribution in [0.4, 0.5) is 32.0 Å². The number of rotatable bonds is 7. The van der Waals surface area contributed by atoms with E-state index in [0.717, 1.165) is 22.8 Å². The molecule has 0 radical (unpaired) electrons. The van der Waals surface area contributed by atoms with Crippen LogP contribution in [-0.2, 0) is 23.6 Å². The fourth-order valence-electron chi connectivity index (χ4n) is 6.67. The van der Waals surface area contributed by atoms with Gasteiger partial charge in [0.15, 0.2) is 5.78 Å². The number of aromatic nitrogens is 1. The topological polar surface area (TPSA) is 62.9 Å². The number of fused-ring (bicyclic) bond motifs is 1. The Morgan fingerprint density at radius 3 is 2.00 bits per heavy atom. The lowest BCUT2D eigenvalue weighted by atomic mass is 9.79. The number of ketones is 1. The van der Waals surface area contributed by atoms with Gasteiger partial charge < -0.3 is 14.8 Å². The molecule has 7 nitrogen and oxygen atoms in total. The van der Waals surface area contributed by atoms with Gasteiger partial charge >= 0.3 is 12.4 Å². The lowest BCUT2D eigenvalue weighted by Gasteiger charge is -2.53. The molecule has 1 atom stereocenters. The zero-order valence-corrected chi connectivity index (χ0v) is 27.6. The largest absolute Gasteiger partial charge is 0.416 e. The Bertz CT molecular complexity index is 1770. The Balaban J connectivity index is 0.00000270. The first-order valence-electron chi connectivity index (χ1n) is 15.1. The molecule has 1 aromatic heterocycles. The highest BCUT2D eigenvalue weighted by Gasteiger charge is 2.50. The van der Waals surface area contributed by atoms with E-state index in [4.69, 9.17) is 0 Å². The number of carbonyl (C=O) groups excluding carboxylic acids is 2. The van der Waals surface area contributed by atoms with Crippen LogP contribution in [0.15, 0.2) is 85.2 Å². The third kappa shape index (κ3) is 7.76. The van der Waals surface area contributed by atoms with Crippen LogP contribution >= 0.6 is 24.8 Å². The van der Waals surface area contributed by atoms with Gasteiger partial charge in [0.05, 0.1) is 17.3 Å². The van der Waals surface area contributed by atoms with Crippen LogP contribution in [-0.4, -0.2) is 83.0 Å². The van der Waals surface area contributed by atoms with E-state index in [9.17, 15) is 35.9 Å². The monoisotopic (exact) mass is 727 g/mol. The van der Waals surface area contributed by atoms with Crippen LogP contribution < -0.4 is 4.90 Å². The highest BCUT2D eigenvalue weighted by Crippen LogP contribution is 2.39. The Kier molecular flexibility index (Phi) is 11.5. The summed E-state index contributed by atoms with van der Waals surface area (Å²) in [5.74, 6) is 0.737. The quantitative estimate of drug-likeness (QED) is 0.127. The standard InChI is InChI=1S/C34H31F6N5O2.2ClH/c35-33(36,37)26-18-24(19-27(20-26)34(38,39)40)31(47)32(21-25-22-41-30-9-5-4-8-29(25)30)23-45(15-12-43(32)16-17-46)44-13-10-42(11-14-44)28-6-2-1-3-7-28;;/h1-9,16,18-20,22,41H,10-15,21,23H2;2*1H. The fraction of sp³-hybridized carbons (Fsp3) is 0.324. The number of piperazine rings is 2. The molecule has 2 fully saturated rings.